The van der Waals surface area contributed by atoms with Crippen molar-refractivity contribution in [3.63, 3.8) is 0 Å². The molecule has 29 heavy (non-hydrogen) atoms. The van der Waals surface area contributed by atoms with Crippen molar-refractivity contribution in [2.75, 3.05) is 0 Å². The highest BCUT2D eigenvalue weighted by Gasteiger charge is 2.33. The minimum atomic E-state index is -4.50. The van der Waals surface area contributed by atoms with Gasteiger partial charge in [-0.05, 0) is 47.0 Å². The van der Waals surface area contributed by atoms with E-state index in [2.05, 4.69) is 42.9 Å². The monoisotopic (exact) mass is 497 g/mol. The molecular weight excluding hydrogens is 487 g/mol. The van der Waals surface area contributed by atoms with Gasteiger partial charge < -0.3 is 0 Å². The van der Waals surface area contributed by atoms with Crippen molar-refractivity contribution in [1.29, 1.82) is 0 Å². The minimum Gasteiger partial charge on any atom is -0.234 e. The summed E-state index contributed by atoms with van der Waals surface area (Å²) in [7, 11) is 0. The van der Waals surface area contributed by atoms with Gasteiger partial charge in [-0.1, -0.05) is 6.92 Å². The van der Waals surface area contributed by atoms with Crippen molar-refractivity contribution in [1.82, 2.24) is 24.6 Å². The number of hydrogen-bond donors (Lipinski definition) is 0. The standard InChI is InChI=1S/C18H11BrF3N5S2/c1-3-9-8(19)5-10(28-9)15-25-16-14-13(23-6-27(16)26-15)12-7(2)4-11(18(20,21)22)24-17(12)29-14/h4-6H,3H2,1-2H3. The zero-order chi connectivity index (χ0) is 20.5. The number of fused-ring (bicyclic) bond motifs is 5. The zero-order valence-electron chi connectivity index (χ0n) is 15.0. The molecule has 0 saturated heterocycles. The number of rotatable bonds is 2. The molecule has 0 unspecified atom stereocenters. The van der Waals surface area contributed by atoms with E-state index in [1.54, 1.807) is 29.1 Å². The third kappa shape index (κ3) is 2.94. The van der Waals surface area contributed by atoms with Crippen molar-refractivity contribution >= 4 is 64.7 Å². The molecule has 0 aliphatic carbocycles. The Morgan fingerprint density at radius 3 is 2.66 bits per heavy atom. The van der Waals surface area contributed by atoms with E-state index in [-0.39, 0.29) is 0 Å². The molecule has 0 amide bonds. The first kappa shape index (κ1) is 18.9. The lowest BCUT2D eigenvalue weighted by atomic mass is 10.1. The molecular formula is C18H11BrF3N5S2. The number of aryl methyl sites for hydroxylation is 2. The predicted molar refractivity (Wildman–Crippen MR) is 112 cm³/mol. The Labute approximate surface area is 178 Å². The van der Waals surface area contributed by atoms with E-state index in [9.17, 15) is 13.2 Å². The molecule has 11 heteroatoms. The van der Waals surface area contributed by atoms with Gasteiger partial charge in [-0.3, -0.25) is 0 Å². The van der Waals surface area contributed by atoms with Crippen LogP contribution >= 0.6 is 38.6 Å². The third-order valence-corrected chi connectivity index (χ3v) is 7.87. The molecule has 0 fully saturated rings. The highest BCUT2D eigenvalue weighted by atomic mass is 79.9. The topological polar surface area (TPSA) is 56.0 Å². The van der Waals surface area contributed by atoms with Crippen molar-refractivity contribution in [2.24, 2.45) is 0 Å². The van der Waals surface area contributed by atoms with E-state index in [0.717, 1.165) is 33.2 Å². The Kier molecular flexibility index (Phi) is 4.20. The summed E-state index contributed by atoms with van der Waals surface area (Å²) in [5, 5.41) is 5.13. The Balaban J connectivity index is 1.76. The highest BCUT2D eigenvalue weighted by Crippen LogP contribution is 2.39. The van der Waals surface area contributed by atoms with Crippen molar-refractivity contribution in [2.45, 2.75) is 26.4 Å². The van der Waals surface area contributed by atoms with E-state index in [1.807, 2.05) is 6.07 Å². The van der Waals surface area contributed by atoms with E-state index in [4.69, 9.17) is 0 Å². The number of halogens is 4. The lowest BCUT2D eigenvalue weighted by Crippen LogP contribution is -2.07. The molecule has 0 radical (unpaired) electrons. The van der Waals surface area contributed by atoms with Crippen molar-refractivity contribution in [3.05, 3.63) is 39.1 Å². The molecule has 0 aliphatic heterocycles. The predicted octanol–water partition coefficient (Wildman–Crippen LogP) is 6.27. The second-order valence-electron chi connectivity index (χ2n) is 6.47. The van der Waals surface area contributed by atoms with E-state index >= 15 is 0 Å². The maximum Gasteiger partial charge on any atom is 0.433 e. The molecule has 5 heterocycles. The van der Waals surface area contributed by atoms with Crippen LogP contribution in [0.15, 0.2) is 22.9 Å². The normalized spacial score (nSPS) is 12.6. The lowest BCUT2D eigenvalue weighted by molar-refractivity contribution is -0.141. The third-order valence-electron chi connectivity index (χ3n) is 4.55. The van der Waals surface area contributed by atoms with Gasteiger partial charge in [0.25, 0.3) is 0 Å². The van der Waals surface area contributed by atoms with Crippen LogP contribution in [-0.2, 0) is 12.6 Å². The van der Waals surface area contributed by atoms with Crippen LogP contribution in [0.1, 0.15) is 23.1 Å². The van der Waals surface area contributed by atoms with E-state index in [1.165, 1.54) is 4.88 Å². The zero-order valence-corrected chi connectivity index (χ0v) is 18.2. The SMILES string of the molecule is CCc1sc(-c2nc3c4sc5nc(C(F)(F)F)cc(C)c5c4ncn3n2)cc1Br. The smallest absolute Gasteiger partial charge is 0.234 e. The molecule has 0 spiro atoms. The van der Waals surface area contributed by atoms with E-state index < -0.39 is 11.9 Å². The van der Waals surface area contributed by atoms with Crippen LogP contribution in [-0.4, -0.2) is 24.6 Å². The fourth-order valence-corrected chi connectivity index (χ4v) is 6.22. The van der Waals surface area contributed by atoms with Gasteiger partial charge in [0.15, 0.2) is 11.5 Å². The van der Waals surface area contributed by atoms with Crippen LogP contribution in [0.3, 0.4) is 0 Å². The van der Waals surface area contributed by atoms with Crippen molar-refractivity contribution in [3.8, 4) is 10.7 Å². The van der Waals surface area contributed by atoms with Crippen LogP contribution in [0.25, 0.3) is 36.8 Å². The van der Waals surface area contributed by atoms with Crippen molar-refractivity contribution < 1.29 is 13.2 Å². The second kappa shape index (κ2) is 6.44. The van der Waals surface area contributed by atoms with Crippen LogP contribution in [0, 0.1) is 6.92 Å². The Bertz CT molecular complexity index is 1420. The Morgan fingerprint density at radius 2 is 1.97 bits per heavy atom. The molecule has 5 rings (SSSR count). The molecule has 5 aromatic heterocycles. The van der Waals surface area contributed by atoms with Gasteiger partial charge in [-0.25, -0.2) is 19.5 Å². The number of pyridine rings is 1. The summed E-state index contributed by atoms with van der Waals surface area (Å²) in [6.45, 7) is 3.72. The molecule has 148 valence electrons. The molecule has 0 N–H and O–H groups in total. The summed E-state index contributed by atoms with van der Waals surface area (Å²) in [6, 6.07) is 3.04. The van der Waals surface area contributed by atoms with E-state index in [0.29, 0.717) is 37.5 Å². The first-order chi connectivity index (χ1) is 13.8. The molecule has 5 aromatic rings. The number of aromatic nitrogens is 5. The van der Waals surface area contributed by atoms with Gasteiger partial charge in [0.1, 0.15) is 21.6 Å². The summed E-state index contributed by atoms with van der Waals surface area (Å²) in [5.41, 5.74) is 0.739. The second-order valence-corrected chi connectivity index (χ2v) is 9.46. The minimum absolute atomic E-state index is 0.296. The molecule has 0 aliphatic rings. The summed E-state index contributed by atoms with van der Waals surface area (Å²) in [6.07, 6.45) is -2.06. The van der Waals surface area contributed by atoms with Gasteiger partial charge in [0.2, 0.25) is 0 Å². The van der Waals surface area contributed by atoms with Crippen LogP contribution < -0.4 is 0 Å². The Morgan fingerprint density at radius 1 is 1.17 bits per heavy atom. The number of hydrogen-bond acceptors (Lipinski definition) is 6. The maximum atomic E-state index is 13.2. The first-order valence-electron chi connectivity index (χ1n) is 8.57. The summed E-state index contributed by atoms with van der Waals surface area (Å²) < 4.78 is 42.7. The molecule has 0 saturated carbocycles. The number of nitrogens with zero attached hydrogens (tertiary/aromatic N) is 5. The summed E-state index contributed by atoms with van der Waals surface area (Å²) in [4.78, 5) is 15.3. The number of alkyl halides is 3. The quantitative estimate of drug-likeness (QED) is 0.288. The summed E-state index contributed by atoms with van der Waals surface area (Å²) >= 11 is 6.31. The fourth-order valence-electron chi connectivity index (χ4n) is 3.22. The van der Waals surface area contributed by atoms with Gasteiger partial charge in [0, 0.05) is 14.7 Å². The maximum absolute atomic E-state index is 13.2. The average molecular weight is 498 g/mol. The lowest BCUT2D eigenvalue weighted by Gasteiger charge is -2.06. The molecule has 0 atom stereocenters. The molecule has 0 aromatic carbocycles. The van der Waals surface area contributed by atoms with Crippen LogP contribution in [0.5, 0.6) is 0 Å². The summed E-state index contributed by atoms with van der Waals surface area (Å²) in [5.74, 6) is 0.558. The highest BCUT2D eigenvalue weighted by molar-refractivity contribution is 9.10. The number of thiophene rings is 2. The van der Waals surface area contributed by atoms with Crippen LogP contribution in [0.2, 0.25) is 0 Å². The largest absolute Gasteiger partial charge is 0.433 e. The molecule has 5 nitrogen and oxygen atoms in total. The van der Waals surface area contributed by atoms with Gasteiger partial charge >= 0.3 is 6.18 Å². The fraction of sp³-hybridized carbons (Fsp3) is 0.222. The van der Waals surface area contributed by atoms with Gasteiger partial charge in [-0.15, -0.1) is 27.8 Å². The molecule has 0 bridgehead atoms. The Hall–Kier alpha value is -2.11. The van der Waals surface area contributed by atoms with Gasteiger partial charge in [0.05, 0.1) is 10.4 Å². The van der Waals surface area contributed by atoms with Crippen LogP contribution in [0.4, 0.5) is 13.2 Å². The first-order valence-corrected chi connectivity index (χ1v) is 11.0. The average Bonchev–Trinajstić information content (AvgIpc) is 3.33. The van der Waals surface area contributed by atoms with Gasteiger partial charge in [-0.2, -0.15) is 13.2 Å².